The highest BCUT2D eigenvalue weighted by Crippen LogP contribution is 2.29. The zero-order valence-electron chi connectivity index (χ0n) is 11.3. The number of aromatic nitrogens is 1. The summed E-state index contributed by atoms with van der Waals surface area (Å²) in [5.74, 6) is 0. The molecule has 3 aromatic rings. The van der Waals surface area contributed by atoms with E-state index in [0.717, 1.165) is 12.1 Å². The van der Waals surface area contributed by atoms with Crippen molar-refractivity contribution in [1.29, 1.82) is 0 Å². The van der Waals surface area contributed by atoms with E-state index in [9.17, 15) is 23.3 Å². The van der Waals surface area contributed by atoms with Crippen molar-refractivity contribution in [2.24, 2.45) is 0 Å². The summed E-state index contributed by atoms with van der Waals surface area (Å²) in [6.45, 7) is 0. The molecule has 9 heteroatoms. The average molecular weight is 332 g/mol. The Labute approximate surface area is 129 Å². The summed E-state index contributed by atoms with van der Waals surface area (Å²) < 4.78 is 31.6. The summed E-state index contributed by atoms with van der Waals surface area (Å²) in [6.07, 6.45) is 0.476. The molecule has 0 radical (unpaired) electrons. The standard InChI is InChI=1S/C14H8N2O6S/c17-7-12-10-5-8(16(18)19)1-3-13(10)15-14-4-2-9(6-11(12)14)23(20,21)22/h1-7H,(H,20,21,22). The second-order valence-corrected chi connectivity index (χ2v) is 6.18. The Bertz CT molecular complexity index is 1090. The van der Waals surface area contributed by atoms with Gasteiger partial charge in [-0.25, -0.2) is 4.98 Å². The van der Waals surface area contributed by atoms with E-state index < -0.39 is 15.0 Å². The van der Waals surface area contributed by atoms with Crippen LogP contribution in [0, 0.1) is 10.1 Å². The first-order valence-electron chi connectivity index (χ1n) is 6.26. The molecule has 0 fully saturated rings. The highest BCUT2D eigenvalue weighted by Gasteiger charge is 2.16. The molecule has 8 nitrogen and oxygen atoms in total. The zero-order valence-corrected chi connectivity index (χ0v) is 12.1. The van der Waals surface area contributed by atoms with Gasteiger partial charge in [0.1, 0.15) is 0 Å². The van der Waals surface area contributed by atoms with Gasteiger partial charge in [-0.3, -0.25) is 19.5 Å². The number of benzene rings is 2. The smallest absolute Gasteiger partial charge is 0.294 e. The number of nitro benzene ring substituents is 1. The summed E-state index contributed by atoms with van der Waals surface area (Å²) in [7, 11) is -4.45. The van der Waals surface area contributed by atoms with Gasteiger partial charge in [0.05, 0.1) is 20.9 Å². The van der Waals surface area contributed by atoms with Crippen LogP contribution >= 0.6 is 0 Å². The number of nitrogens with zero attached hydrogens (tertiary/aromatic N) is 2. The van der Waals surface area contributed by atoms with E-state index >= 15 is 0 Å². The van der Waals surface area contributed by atoms with E-state index in [4.69, 9.17) is 4.55 Å². The summed E-state index contributed by atoms with van der Waals surface area (Å²) in [4.78, 5) is 25.6. The molecule has 0 spiro atoms. The Hall–Kier alpha value is -2.91. The highest BCUT2D eigenvalue weighted by molar-refractivity contribution is 7.85. The first kappa shape index (κ1) is 15.0. The number of carbonyl (C=O) groups excluding carboxylic acids is 1. The highest BCUT2D eigenvalue weighted by atomic mass is 32.2. The van der Waals surface area contributed by atoms with Crippen molar-refractivity contribution in [1.82, 2.24) is 4.98 Å². The van der Waals surface area contributed by atoms with Crippen LogP contribution < -0.4 is 0 Å². The molecule has 0 aliphatic heterocycles. The molecule has 0 aliphatic rings. The molecule has 0 saturated carbocycles. The van der Waals surface area contributed by atoms with Crippen molar-refractivity contribution in [3.63, 3.8) is 0 Å². The van der Waals surface area contributed by atoms with E-state index in [2.05, 4.69) is 4.98 Å². The Morgan fingerprint density at radius 1 is 1.09 bits per heavy atom. The van der Waals surface area contributed by atoms with Gasteiger partial charge < -0.3 is 0 Å². The molecule has 116 valence electrons. The minimum Gasteiger partial charge on any atom is -0.298 e. The summed E-state index contributed by atoms with van der Waals surface area (Å²) >= 11 is 0. The second-order valence-electron chi connectivity index (χ2n) is 4.76. The van der Waals surface area contributed by atoms with Crippen LogP contribution in [0.4, 0.5) is 5.69 Å². The van der Waals surface area contributed by atoms with E-state index in [1.165, 1.54) is 24.3 Å². The molecule has 1 heterocycles. The largest absolute Gasteiger partial charge is 0.298 e. The Balaban J connectivity index is 2.47. The lowest BCUT2D eigenvalue weighted by molar-refractivity contribution is -0.384. The third-order valence-corrected chi connectivity index (χ3v) is 4.25. The summed E-state index contributed by atoms with van der Waals surface area (Å²) in [5.41, 5.74) is 0.553. The van der Waals surface area contributed by atoms with Gasteiger partial charge in [0, 0.05) is 28.5 Å². The van der Waals surface area contributed by atoms with Gasteiger partial charge in [-0.05, 0) is 24.3 Å². The van der Waals surface area contributed by atoms with Crippen molar-refractivity contribution in [2.75, 3.05) is 0 Å². The molecule has 0 bridgehead atoms. The average Bonchev–Trinajstić information content (AvgIpc) is 2.50. The van der Waals surface area contributed by atoms with Gasteiger partial charge in [-0.15, -0.1) is 0 Å². The molecule has 3 rings (SSSR count). The lowest BCUT2D eigenvalue weighted by atomic mass is 10.0. The molecule has 0 saturated heterocycles. The monoisotopic (exact) mass is 332 g/mol. The lowest BCUT2D eigenvalue weighted by Crippen LogP contribution is -1.99. The maximum absolute atomic E-state index is 11.5. The van der Waals surface area contributed by atoms with Crippen LogP contribution in [0.3, 0.4) is 0 Å². The zero-order chi connectivity index (χ0) is 16.8. The number of carbonyl (C=O) groups is 1. The molecule has 23 heavy (non-hydrogen) atoms. The van der Waals surface area contributed by atoms with Crippen molar-refractivity contribution >= 4 is 43.9 Å². The fraction of sp³-hybridized carbons (Fsp3) is 0. The van der Waals surface area contributed by atoms with Crippen LogP contribution in [0.5, 0.6) is 0 Å². The number of hydrogen-bond donors (Lipinski definition) is 1. The SMILES string of the molecule is O=Cc1c2cc([N+](=O)[O-])ccc2nc2ccc(S(=O)(=O)O)cc12. The van der Waals surface area contributed by atoms with Crippen molar-refractivity contribution in [3.05, 3.63) is 52.1 Å². The predicted octanol–water partition coefficient (Wildman–Crippen LogP) is 2.36. The molecule has 0 unspecified atom stereocenters. The van der Waals surface area contributed by atoms with Gasteiger partial charge in [0.15, 0.2) is 6.29 Å². The van der Waals surface area contributed by atoms with Crippen LogP contribution in [0.25, 0.3) is 21.8 Å². The number of hydrogen-bond acceptors (Lipinski definition) is 6. The molecule has 0 aliphatic carbocycles. The van der Waals surface area contributed by atoms with Crippen molar-refractivity contribution in [2.45, 2.75) is 4.90 Å². The first-order chi connectivity index (χ1) is 10.8. The van der Waals surface area contributed by atoms with E-state index in [0.29, 0.717) is 17.3 Å². The number of rotatable bonds is 3. The predicted molar refractivity (Wildman–Crippen MR) is 81.1 cm³/mol. The molecule has 2 aromatic carbocycles. The molecular formula is C14H8N2O6S. The van der Waals surface area contributed by atoms with E-state index in [-0.39, 0.29) is 26.9 Å². The van der Waals surface area contributed by atoms with Gasteiger partial charge in [-0.2, -0.15) is 8.42 Å². The number of fused-ring (bicyclic) bond motifs is 2. The maximum Gasteiger partial charge on any atom is 0.294 e. The third kappa shape index (κ3) is 2.51. The quantitative estimate of drug-likeness (QED) is 0.256. The number of non-ortho nitro benzene ring substituents is 1. The topological polar surface area (TPSA) is 127 Å². The number of pyridine rings is 1. The van der Waals surface area contributed by atoms with Gasteiger partial charge in [0.2, 0.25) is 0 Å². The van der Waals surface area contributed by atoms with E-state index in [1.807, 2.05) is 0 Å². The van der Waals surface area contributed by atoms with Crippen LogP contribution in [-0.4, -0.2) is 29.2 Å². The second kappa shape index (κ2) is 5.07. The Morgan fingerprint density at radius 3 is 2.26 bits per heavy atom. The minimum atomic E-state index is -4.45. The number of aldehydes is 1. The van der Waals surface area contributed by atoms with Crippen LogP contribution in [0.2, 0.25) is 0 Å². The maximum atomic E-state index is 11.5. The first-order valence-corrected chi connectivity index (χ1v) is 7.70. The number of nitro groups is 1. The van der Waals surface area contributed by atoms with Gasteiger partial charge in [-0.1, -0.05) is 0 Å². The van der Waals surface area contributed by atoms with Gasteiger partial charge in [0.25, 0.3) is 15.8 Å². The van der Waals surface area contributed by atoms with Crippen LogP contribution in [0.15, 0.2) is 41.3 Å². The fourth-order valence-electron chi connectivity index (χ4n) is 2.34. The van der Waals surface area contributed by atoms with E-state index in [1.54, 1.807) is 0 Å². The van der Waals surface area contributed by atoms with Crippen LogP contribution in [-0.2, 0) is 10.1 Å². The van der Waals surface area contributed by atoms with Crippen LogP contribution in [0.1, 0.15) is 10.4 Å². The minimum absolute atomic E-state index is 0.0687. The molecule has 1 aromatic heterocycles. The molecule has 1 N–H and O–H groups in total. The van der Waals surface area contributed by atoms with Gasteiger partial charge >= 0.3 is 0 Å². The fourth-order valence-corrected chi connectivity index (χ4v) is 2.85. The molecule has 0 atom stereocenters. The Morgan fingerprint density at radius 2 is 1.70 bits per heavy atom. The Kier molecular flexibility index (Phi) is 3.31. The lowest BCUT2D eigenvalue weighted by Gasteiger charge is -2.07. The summed E-state index contributed by atoms with van der Waals surface area (Å²) in [5, 5.41) is 11.3. The molecule has 0 amide bonds. The third-order valence-electron chi connectivity index (χ3n) is 3.40. The summed E-state index contributed by atoms with van der Waals surface area (Å²) in [6, 6.07) is 7.51. The van der Waals surface area contributed by atoms with Crippen molar-refractivity contribution < 1.29 is 22.7 Å². The normalized spacial score (nSPS) is 11.7. The van der Waals surface area contributed by atoms with Crippen molar-refractivity contribution in [3.8, 4) is 0 Å². The molecular weight excluding hydrogens is 324 g/mol.